The zero-order valence-electron chi connectivity index (χ0n) is 20.5. The molecule has 0 N–H and O–H groups in total. The van der Waals surface area contributed by atoms with Crippen molar-refractivity contribution in [2.45, 2.75) is 93.7 Å². The van der Waals surface area contributed by atoms with Crippen LogP contribution in [0.4, 0.5) is 9.18 Å². The number of hydrogen-bond acceptors (Lipinski definition) is 8. The van der Waals surface area contributed by atoms with E-state index >= 15 is 0 Å². The van der Waals surface area contributed by atoms with E-state index in [1.54, 1.807) is 6.92 Å². The van der Waals surface area contributed by atoms with Gasteiger partial charge in [-0.1, -0.05) is 0 Å². The Balaban J connectivity index is 1.27. The zero-order valence-corrected chi connectivity index (χ0v) is 21.3. The number of benzene rings is 1. The van der Waals surface area contributed by atoms with Gasteiger partial charge < -0.3 is 19.1 Å². The van der Waals surface area contributed by atoms with E-state index in [0.717, 1.165) is 18.9 Å². The quantitative estimate of drug-likeness (QED) is 0.523. The van der Waals surface area contributed by atoms with Crippen molar-refractivity contribution in [3.8, 4) is 17.5 Å². The van der Waals surface area contributed by atoms with Gasteiger partial charge in [-0.25, -0.2) is 27.6 Å². The van der Waals surface area contributed by atoms with Gasteiger partial charge in [0.1, 0.15) is 12.4 Å². The van der Waals surface area contributed by atoms with E-state index < -0.39 is 20.9 Å². The van der Waals surface area contributed by atoms with Crippen LogP contribution in [-0.4, -0.2) is 58.9 Å². The lowest BCUT2D eigenvalue weighted by Crippen LogP contribution is -2.50. The summed E-state index contributed by atoms with van der Waals surface area (Å²) in [6, 6.07) is 3.75. The minimum atomic E-state index is -3.50. The molecule has 36 heavy (non-hydrogen) atoms. The summed E-state index contributed by atoms with van der Waals surface area (Å²) in [5, 5.41) is -0.421. The van der Waals surface area contributed by atoms with E-state index in [4.69, 9.17) is 14.2 Å². The molecule has 1 aromatic heterocycles. The number of piperidine rings is 1. The summed E-state index contributed by atoms with van der Waals surface area (Å²) < 4.78 is 56.8. The highest BCUT2D eigenvalue weighted by Crippen LogP contribution is 2.39. The third kappa shape index (κ3) is 4.85. The predicted octanol–water partition coefficient (Wildman–Crippen LogP) is 4.57. The van der Waals surface area contributed by atoms with Crippen LogP contribution >= 0.6 is 0 Å². The van der Waals surface area contributed by atoms with E-state index in [9.17, 15) is 17.6 Å². The molecule has 11 heteroatoms. The SMILES string of the molecule is Cc1c(Oc2ccc(S(=O)(=O)C3CC3)cc2F)ncnc1OC1CC2CC[C@@H](C1)N2C(=O)OC(C)C. The van der Waals surface area contributed by atoms with Crippen LogP contribution in [0.1, 0.15) is 57.9 Å². The van der Waals surface area contributed by atoms with Gasteiger partial charge in [-0.2, -0.15) is 0 Å². The number of hydrogen-bond donors (Lipinski definition) is 0. The summed E-state index contributed by atoms with van der Waals surface area (Å²) >= 11 is 0. The van der Waals surface area contributed by atoms with Crippen LogP contribution in [0.15, 0.2) is 29.4 Å². The van der Waals surface area contributed by atoms with Crippen LogP contribution in [0.3, 0.4) is 0 Å². The number of halogens is 1. The Bertz CT molecular complexity index is 1250. The molecule has 0 radical (unpaired) electrons. The van der Waals surface area contributed by atoms with Crippen molar-refractivity contribution in [2.75, 3.05) is 0 Å². The van der Waals surface area contributed by atoms with Gasteiger partial charge in [0.25, 0.3) is 0 Å². The highest BCUT2D eigenvalue weighted by Gasteiger charge is 2.45. The molecule has 1 aliphatic carbocycles. The average molecular weight is 520 g/mol. The maximum Gasteiger partial charge on any atom is 0.410 e. The van der Waals surface area contributed by atoms with Crippen LogP contribution in [0, 0.1) is 12.7 Å². The van der Waals surface area contributed by atoms with Gasteiger partial charge in [0.15, 0.2) is 21.4 Å². The molecule has 9 nitrogen and oxygen atoms in total. The van der Waals surface area contributed by atoms with Crippen LogP contribution in [0.25, 0.3) is 0 Å². The van der Waals surface area contributed by atoms with Crippen molar-refractivity contribution >= 4 is 15.9 Å². The molecular weight excluding hydrogens is 489 g/mol. The molecule has 3 atom stereocenters. The van der Waals surface area contributed by atoms with Crippen molar-refractivity contribution in [1.29, 1.82) is 0 Å². The smallest absolute Gasteiger partial charge is 0.410 e. The second-order valence-electron chi connectivity index (χ2n) is 9.98. The number of nitrogens with zero attached hydrogens (tertiary/aromatic N) is 3. The van der Waals surface area contributed by atoms with Crippen molar-refractivity contribution in [3.05, 3.63) is 35.9 Å². The maximum absolute atomic E-state index is 14.7. The van der Waals surface area contributed by atoms with Crippen molar-refractivity contribution in [2.24, 2.45) is 0 Å². The minimum Gasteiger partial charge on any atom is -0.474 e. The number of sulfone groups is 1. The molecule has 2 aromatic rings. The third-order valence-electron chi connectivity index (χ3n) is 6.91. The molecule has 1 amide bonds. The van der Waals surface area contributed by atoms with Gasteiger partial charge in [-0.15, -0.1) is 0 Å². The summed E-state index contributed by atoms with van der Waals surface area (Å²) in [5.41, 5.74) is 0.501. The number of carbonyl (C=O) groups excluding carboxylic acids is 1. The van der Waals surface area contributed by atoms with Gasteiger partial charge in [-0.05, 0) is 64.7 Å². The number of rotatable bonds is 7. The summed E-state index contributed by atoms with van der Waals surface area (Å²) in [6.45, 7) is 5.39. The minimum absolute atomic E-state index is 0.0449. The van der Waals surface area contributed by atoms with E-state index in [-0.39, 0.29) is 46.9 Å². The first kappa shape index (κ1) is 24.7. The Morgan fingerprint density at radius 3 is 2.36 bits per heavy atom. The molecule has 1 aromatic carbocycles. The normalized spacial score (nSPS) is 23.6. The number of aromatic nitrogens is 2. The monoisotopic (exact) mass is 519 g/mol. The van der Waals surface area contributed by atoms with Gasteiger partial charge >= 0.3 is 6.09 Å². The molecule has 1 saturated carbocycles. The lowest BCUT2D eigenvalue weighted by Gasteiger charge is -2.38. The molecule has 2 bridgehead atoms. The summed E-state index contributed by atoms with van der Waals surface area (Å²) in [4.78, 5) is 22.7. The Morgan fingerprint density at radius 1 is 1.08 bits per heavy atom. The lowest BCUT2D eigenvalue weighted by atomic mass is 10.0. The maximum atomic E-state index is 14.7. The fourth-order valence-corrected chi connectivity index (χ4v) is 6.67. The Labute approximate surface area is 209 Å². The van der Waals surface area contributed by atoms with Crippen LogP contribution in [-0.2, 0) is 14.6 Å². The molecule has 2 aliphatic heterocycles. The Hall–Kier alpha value is -2.95. The van der Waals surface area contributed by atoms with E-state index in [1.807, 2.05) is 18.7 Å². The summed E-state index contributed by atoms with van der Waals surface area (Å²) in [7, 11) is -3.50. The van der Waals surface area contributed by atoms with E-state index in [0.29, 0.717) is 37.1 Å². The molecule has 3 aliphatic rings. The standard InChI is InChI=1S/C25H30FN3O6S/c1-14(2)33-25(30)29-16-4-5-17(29)11-18(10-16)34-23-15(3)24(28-13-27-23)35-22-9-8-20(12-21(22)26)36(31,32)19-6-7-19/h8-9,12-14,16-19H,4-7,10-11H2,1-3H3/t16-,17?,18?/m0/s1. The molecule has 0 spiro atoms. The van der Waals surface area contributed by atoms with Gasteiger partial charge in [0.2, 0.25) is 11.8 Å². The second kappa shape index (κ2) is 9.49. The van der Waals surface area contributed by atoms with E-state index in [1.165, 1.54) is 18.5 Å². The first-order valence-electron chi connectivity index (χ1n) is 12.3. The van der Waals surface area contributed by atoms with Crippen molar-refractivity contribution in [1.82, 2.24) is 14.9 Å². The third-order valence-corrected chi connectivity index (χ3v) is 9.17. The largest absolute Gasteiger partial charge is 0.474 e. The summed E-state index contributed by atoms with van der Waals surface area (Å²) in [5.74, 6) is -0.462. The van der Waals surface area contributed by atoms with Crippen molar-refractivity contribution in [3.63, 3.8) is 0 Å². The first-order valence-corrected chi connectivity index (χ1v) is 13.9. The van der Waals surface area contributed by atoms with Crippen LogP contribution in [0.5, 0.6) is 17.5 Å². The van der Waals surface area contributed by atoms with Gasteiger partial charge in [0, 0.05) is 24.9 Å². The summed E-state index contributed by atoms with van der Waals surface area (Å²) in [6.07, 6.45) is 5.03. The second-order valence-corrected chi connectivity index (χ2v) is 12.2. The molecule has 3 heterocycles. The molecular formula is C25H30FN3O6S. The molecule has 2 unspecified atom stereocenters. The number of amides is 1. The highest BCUT2D eigenvalue weighted by atomic mass is 32.2. The number of carbonyl (C=O) groups is 1. The molecule has 194 valence electrons. The number of fused-ring (bicyclic) bond motifs is 2. The molecule has 3 fully saturated rings. The zero-order chi connectivity index (χ0) is 25.6. The Morgan fingerprint density at radius 2 is 1.75 bits per heavy atom. The first-order chi connectivity index (χ1) is 17.1. The molecule has 5 rings (SSSR count). The average Bonchev–Trinajstić information content (AvgIpc) is 3.63. The van der Waals surface area contributed by atoms with Gasteiger partial charge in [-0.3, -0.25) is 0 Å². The van der Waals surface area contributed by atoms with Crippen LogP contribution < -0.4 is 9.47 Å². The highest BCUT2D eigenvalue weighted by molar-refractivity contribution is 7.92. The van der Waals surface area contributed by atoms with Gasteiger partial charge in [0.05, 0.1) is 21.8 Å². The predicted molar refractivity (Wildman–Crippen MR) is 127 cm³/mol. The number of ether oxygens (including phenoxy) is 3. The fraction of sp³-hybridized carbons (Fsp3) is 0.560. The van der Waals surface area contributed by atoms with Crippen molar-refractivity contribution < 1.29 is 31.8 Å². The van der Waals surface area contributed by atoms with E-state index in [2.05, 4.69) is 9.97 Å². The fourth-order valence-electron chi connectivity index (χ4n) is 5.00. The Kier molecular flexibility index (Phi) is 6.52. The molecule has 2 saturated heterocycles. The topological polar surface area (TPSA) is 108 Å². The van der Waals surface area contributed by atoms with Crippen LogP contribution in [0.2, 0.25) is 0 Å². The lowest BCUT2D eigenvalue weighted by molar-refractivity contribution is 0.0206.